The van der Waals surface area contributed by atoms with Crippen LogP contribution >= 0.6 is 0 Å². The predicted molar refractivity (Wildman–Crippen MR) is 85.8 cm³/mol. The van der Waals surface area contributed by atoms with Crippen LogP contribution in [0, 0.1) is 5.41 Å². The van der Waals surface area contributed by atoms with Crippen molar-refractivity contribution < 1.29 is 4.79 Å². The monoisotopic (exact) mass is 284 g/mol. The van der Waals surface area contributed by atoms with E-state index in [9.17, 15) is 4.79 Å². The van der Waals surface area contributed by atoms with Gasteiger partial charge in [-0.15, -0.1) is 0 Å². The Morgan fingerprint density at radius 3 is 2.71 bits per heavy atom. The number of hydrogen-bond donors (Lipinski definition) is 1. The number of nitrogens with one attached hydrogen (secondary N) is 1. The summed E-state index contributed by atoms with van der Waals surface area (Å²) >= 11 is 0. The second-order valence-corrected chi connectivity index (χ2v) is 6.44. The fraction of sp³-hybridized carbons (Fsp3) is 0.500. The zero-order chi connectivity index (χ0) is 14.7. The molecule has 1 atom stereocenters. The molecule has 2 heterocycles. The minimum atomic E-state index is -0.212. The van der Waals surface area contributed by atoms with Crippen molar-refractivity contribution in [1.82, 2.24) is 10.2 Å². The Morgan fingerprint density at radius 2 is 2.10 bits per heavy atom. The van der Waals surface area contributed by atoms with Crippen molar-refractivity contribution in [3.05, 3.63) is 42.0 Å². The summed E-state index contributed by atoms with van der Waals surface area (Å²) in [7, 11) is 0. The highest BCUT2D eigenvalue weighted by Gasteiger charge is 2.37. The lowest BCUT2D eigenvalue weighted by molar-refractivity contribution is -0.141. The molecule has 1 amide bonds. The van der Waals surface area contributed by atoms with Gasteiger partial charge in [-0.25, -0.2) is 0 Å². The number of piperidine rings is 1. The molecular formula is C18H24N2O. The van der Waals surface area contributed by atoms with Crippen LogP contribution in [0.5, 0.6) is 0 Å². The molecule has 1 aromatic rings. The van der Waals surface area contributed by atoms with Gasteiger partial charge in [-0.1, -0.05) is 36.4 Å². The van der Waals surface area contributed by atoms with E-state index in [0.29, 0.717) is 5.91 Å². The van der Waals surface area contributed by atoms with Crippen LogP contribution in [0.1, 0.15) is 31.7 Å². The van der Waals surface area contributed by atoms with Gasteiger partial charge in [-0.2, -0.15) is 0 Å². The van der Waals surface area contributed by atoms with Gasteiger partial charge in [0.25, 0.3) is 0 Å². The molecule has 1 N–H and O–H groups in total. The first kappa shape index (κ1) is 14.3. The molecular weight excluding hydrogens is 260 g/mol. The van der Waals surface area contributed by atoms with Crippen molar-refractivity contribution in [1.29, 1.82) is 0 Å². The zero-order valence-corrected chi connectivity index (χ0v) is 12.8. The molecule has 2 aliphatic heterocycles. The summed E-state index contributed by atoms with van der Waals surface area (Å²) in [5.74, 6) is 0.318. The summed E-state index contributed by atoms with van der Waals surface area (Å²) in [4.78, 5) is 14.8. The van der Waals surface area contributed by atoms with E-state index < -0.39 is 0 Å². The maximum atomic E-state index is 12.8. The fourth-order valence-corrected chi connectivity index (χ4v) is 3.39. The first-order chi connectivity index (χ1) is 10.2. The van der Waals surface area contributed by atoms with Gasteiger partial charge in [-0.05, 0) is 43.9 Å². The van der Waals surface area contributed by atoms with Crippen molar-refractivity contribution in [2.24, 2.45) is 5.41 Å². The topological polar surface area (TPSA) is 32.3 Å². The van der Waals surface area contributed by atoms with Gasteiger partial charge in [0, 0.05) is 19.6 Å². The van der Waals surface area contributed by atoms with E-state index in [1.165, 1.54) is 11.1 Å². The molecule has 0 spiro atoms. The van der Waals surface area contributed by atoms with Crippen molar-refractivity contribution >= 4 is 11.5 Å². The number of amides is 1. The number of carbonyl (C=O) groups is 1. The van der Waals surface area contributed by atoms with Crippen LogP contribution in [0.15, 0.2) is 36.4 Å². The average molecular weight is 284 g/mol. The predicted octanol–water partition coefficient (Wildman–Crippen LogP) is 2.69. The summed E-state index contributed by atoms with van der Waals surface area (Å²) in [5, 5.41) is 3.37. The van der Waals surface area contributed by atoms with Crippen molar-refractivity contribution in [3.8, 4) is 0 Å². The summed E-state index contributed by atoms with van der Waals surface area (Å²) in [5.41, 5.74) is 2.44. The molecule has 1 saturated heterocycles. The highest BCUT2D eigenvalue weighted by molar-refractivity contribution is 5.84. The van der Waals surface area contributed by atoms with Crippen molar-refractivity contribution in [2.75, 3.05) is 26.2 Å². The Morgan fingerprint density at radius 1 is 1.29 bits per heavy atom. The highest BCUT2D eigenvalue weighted by atomic mass is 16.2. The van der Waals surface area contributed by atoms with E-state index in [1.54, 1.807) is 0 Å². The third kappa shape index (κ3) is 3.03. The highest BCUT2D eigenvalue weighted by Crippen LogP contribution is 2.30. The minimum absolute atomic E-state index is 0.212. The van der Waals surface area contributed by atoms with E-state index in [1.807, 2.05) is 11.0 Å². The van der Waals surface area contributed by atoms with Crippen LogP contribution in [0.3, 0.4) is 0 Å². The number of benzene rings is 1. The van der Waals surface area contributed by atoms with E-state index in [-0.39, 0.29) is 5.41 Å². The van der Waals surface area contributed by atoms with E-state index in [0.717, 1.165) is 45.4 Å². The average Bonchev–Trinajstić information content (AvgIpc) is 2.56. The largest absolute Gasteiger partial charge is 0.338 e. The molecule has 2 aliphatic rings. The van der Waals surface area contributed by atoms with Gasteiger partial charge in [0.15, 0.2) is 0 Å². The van der Waals surface area contributed by atoms with Gasteiger partial charge in [0.1, 0.15) is 0 Å². The smallest absolute Gasteiger partial charge is 0.230 e. The fourth-order valence-electron chi connectivity index (χ4n) is 3.39. The summed E-state index contributed by atoms with van der Waals surface area (Å²) in [6.45, 7) is 5.56. The molecule has 0 aliphatic carbocycles. The minimum Gasteiger partial charge on any atom is -0.338 e. The van der Waals surface area contributed by atoms with Gasteiger partial charge >= 0.3 is 0 Å². The van der Waals surface area contributed by atoms with E-state index in [2.05, 4.69) is 42.6 Å². The Kier molecular flexibility index (Phi) is 4.11. The molecule has 112 valence electrons. The first-order valence-electron chi connectivity index (χ1n) is 7.94. The number of nitrogens with zero attached hydrogens (tertiary/aromatic N) is 1. The maximum Gasteiger partial charge on any atom is 0.230 e. The Hall–Kier alpha value is -1.61. The number of carbonyl (C=O) groups excluding carboxylic acids is 1. The molecule has 0 bridgehead atoms. The van der Waals surface area contributed by atoms with Crippen LogP contribution in [0.25, 0.3) is 5.57 Å². The quantitative estimate of drug-likeness (QED) is 0.905. The third-order valence-electron chi connectivity index (χ3n) is 4.75. The molecule has 3 rings (SSSR count). The molecule has 21 heavy (non-hydrogen) atoms. The molecule has 1 fully saturated rings. The first-order valence-corrected chi connectivity index (χ1v) is 7.94. The van der Waals surface area contributed by atoms with Gasteiger partial charge in [-0.3, -0.25) is 4.79 Å². The van der Waals surface area contributed by atoms with Crippen LogP contribution < -0.4 is 5.32 Å². The lowest BCUT2D eigenvalue weighted by Crippen LogP contribution is -2.51. The van der Waals surface area contributed by atoms with Gasteiger partial charge in [0.2, 0.25) is 5.91 Å². The van der Waals surface area contributed by atoms with Gasteiger partial charge < -0.3 is 10.2 Å². The standard InChI is InChI=1S/C18H24N2O/c1-18(10-5-11-19-14-18)17(21)20-12-8-16(9-13-20)15-6-3-2-4-7-15/h2-4,6-8,19H,5,9-14H2,1H3. The molecule has 1 unspecified atom stereocenters. The summed E-state index contributed by atoms with van der Waals surface area (Å²) in [6.07, 6.45) is 5.28. The van der Waals surface area contributed by atoms with Crippen molar-refractivity contribution in [2.45, 2.75) is 26.2 Å². The second kappa shape index (κ2) is 6.02. The number of hydrogen-bond acceptors (Lipinski definition) is 2. The van der Waals surface area contributed by atoms with Crippen LogP contribution in [-0.4, -0.2) is 37.0 Å². The van der Waals surface area contributed by atoms with Crippen LogP contribution in [0.4, 0.5) is 0 Å². The van der Waals surface area contributed by atoms with E-state index >= 15 is 0 Å². The summed E-state index contributed by atoms with van der Waals surface area (Å²) < 4.78 is 0. The SMILES string of the molecule is CC1(C(=O)N2CC=C(c3ccccc3)CC2)CCCNC1. The molecule has 0 saturated carbocycles. The van der Waals surface area contributed by atoms with Gasteiger partial charge in [0.05, 0.1) is 5.41 Å². The molecule has 3 nitrogen and oxygen atoms in total. The van der Waals surface area contributed by atoms with E-state index in [4.69, 9.17) is 0 Å². The summed E-state index contributed by atoms with van der Waals surface area (Å²) in [6, 6.07) is 10.5. The van der Waals surface area contributed by atoms with Crippen LogP contribution in [0.2, 0.25) is 0 Å². The lowest BCUT2D eigenvalue weighted by Gasteiger charge is -2.38. The Labute approximate surface area is 127 Å². The van der Waals surface area contributed by atoms with Crippen molar-refractivity contribution in [3.63, 3.8) is 0 Å². The second-order valence-electron chi connectivity index (χ2n) is 6.44. The lowest BCUT2D eigenvalue weighted by atomic mass is 9.81. The molecule has 0 aromatic heterocycles. The number of rotatable bonds is 2. The zero-order valence-electron chi connectivity index (χ0n) is 12.8. The molecule has 1 aromatic carbocycles. The molecule has 3 heteroatoms. The molecule has 0 radical (unpaired) electrons. The van der Waals surface area contributed by atoms with Crippen LogP contribution in [-0.2, 0) is 4.79 Å². The maximum absolute atomic E-state index is 12.8. The Bertz CT molecular complexity index is 529. The third-order valence-corrected chi connectivity index (χ3v) is 4.75. The normalized spacial score (nSPS) is 26.3. The Balaban J connectivity index is 1.67.